The van der Waals surface area contributed by atoms with Crippen molar-refractivity contribution in [1.29, 1.82) is 5.26 Å². The Hall–Kier alpha value is -1.27. The molecule has 0 amide bonds. The number of rotatable bonds is 2. The summed E-state index contributed by atoms with van der Waals surface area (Å²) in [6, 6.07) is 4.65. The Balaban J connectivity index is 3.23. The first-order chi connectivity index (χ1) is 6.20. The van der Waals surface area contributed by atoms with Crippen molar-refractivity contribution in [2.75, 3.05) is 7.11 Å². The lowest BCUT2D eigenvalue weighted by atomic mass is 10.1. The molecule has 0 saturated heterocycles. The first kappa shape index (κ1) is 9.82. The Kier molecular flexibility index (Phi) is 3.10. The quantitative estimate of drug-likeness (QED) is 0.734. The molecule has 0 heterocycles. The molecule has 13 heavy (non-hydrogen) atoms. The summed E-state index contributed by atoms with van der Waals surface area (Å²) in [6.45, 7) is 0. The minimum atomic E-state index is -0.541. The maximum Gasteiger partial charge on any atom is 0.145 e. The van der Waals surface area contributed by atoms with Crippen LogP contribution in [0.15, 0.2) is 12.1 Å². The number of hydrogen-bond donors (Lipinski definition) is 0. The van der Waals surface area contributed by atoms with E-state index < -0.39 is 5.82 Å². The standard InChI is InChI=1S/C9H7ClFNO/c1-13-9-6(4-5-12)2-3-7(11)8(9)10/h2-3H,4H2,1H3. The summed E-state index contributed by atoms with van der Waals surface area (Å²) >= 11 is 5.62. The summed E-state index contributed by atoms with van der Waals surface area (Å²) in [7, 11) is 1.39. The molecule has 0 fully saturated rings. The van der Waals surface area contributed by atoms with Crippen molar-refractivity contribution in [3.05, 3.63) is 28.5 Å². The molecule has 0 aliphatic heterocycles. The molecule has 0 N–H and O–H groups in total. The number of halogens is 2. The largest absolute Gasteiger partial charge is 0.495 e. The summed E-state index contributed by atoms with van der Waals surface area (Å²) in [5.74, 6) is -0.302. The number of methoxy groups -OCH3 is 1. The first-order valence-corrected chi connectivity index (χ1v) is 3.96. The van der Waals surface area contributed by atoms with Crippen LogP contribution in [0.25, 0.3) is 0 Å². The highest BCUT2D eigenvalue weighted by atomic mass is 35.5. The Morgan fingerprint density at radius 3 is 2.85 bits per heavy atom. The van der Waals surface area contributed by atoms with Gasteiger partial charge in [0.15, 0.2) is 0 Å². The van der Waals surface area contributed by atoms with Crippen LogP contribution < -0.4 is 4.74 Å². The molecule has 0 unspecified atom stereocenters. The van der Waals surface area contributed by atoms with Crippen LogP contribution in [0.4, 0.5) is 4.39 Å². The van der Waals surface area contributed by atoms with Gasteiger partial charge in [0.25, 0.3) is 0 Å². The van der Waals surface area contributed by atoms with E-state index in [2.05, 4.69) is 0 Å². The summed E-state index contributed by atoms with van der Waals surface area (Å²) in [5.41, 5.74) is 0.594. The zero-order valence-corrected chi connectivity index (χ0v) is 7.73. The Bertz CT molecular complexity index is 359. The number of ether oxygens (including phenoxy) is 1. The van der Waals surface area contributed by atoms with Gasteiger partial charge < -0.3 is 4.74 Å². The highest BCUT2D eigenvalue weighted by molar-refractivity contribution is 6.32. The van der Waals surface area contributed by atoms with Crippen LogP contribution in [0.2, 0.25) is 5.02 Å². The van der Waals surface area contributed by atoms with Crippen LogP contribution in [0.1, 0.15) is 5.56 Å². The van der Waals surface area contributed by atoms with Gasteiger partial charge in [-0.1, -0.05) is 17.7 Å². The normalized spacial score (nSPS) is 9.38. The van der Waals surface area contributed by atoms with E-state index in [0.717, 1.165) is 0 Å². The summed E-state index contributed by atoms with van der Waals surface area (Å²) in [4.78, 5) is 0. The molecule has 1 rings (SSSR count). The maximum atomic E-state index is 12.9. The van der Waals surface area contributed by atoms with Gasteiger partial charge in [-0.15, -0.1) is 0 Å². The second kappa shape index (κ2) is 4.11. The van der Waals surface area contributed by atoms with Gasteiger partial charge in [0.2, 0.25) is 0 Å². The average molecular weight is 200 g/mol. The fourth-order valence-corrected chi connectivity index (χ4v) is 1.28. The minimum absolute atomic E-state index is 0.0738. The van der Waals surface area contributed by atoms with Crippen molar-refractivity contribution in [2.24, 2.45) is 0 Å². The average Bonchev–Trinajstić information content (AvgIpc) is 2.12. The third kappa shape index (κ3) is 1.90. The van der Waals surface area contributed by atoms with E-state index in [1.807, 2.05) is 6.07 Å². The van der Waals surface area contributed by atoms with E-state index in [1.165, 1.54) is 19.2 Å². The van der Waals surface area contributed by atoms with E-state index in [9.17, 15) is 4.39 Å². The molecule has 0 aliphatic rings. The Morgan fingerprint density at radius 2 is 2.31 bits per heavy atom. The van der Waals surface area contributed by atoms with Gasteiger partial charge in [-0.05, 0) is 6.07 Å². The zero-order valence-electron chi connectivity index (χ0n) is 6.97. The summed E-state index contributed by atoms with van der Waals surface area (Å²) in [6.07, 6.45) is 0.156. The van der Waals surface area contributed by atoms with Gasteiger partial charge >= 0.3 is 0 Å². The van der Waals surface area contributed by atoms with Gasteiger partial charge in [0.1, 0.15) is 16.6 Å². The SMILES string of the molecule is COc1c(CC#N)ccc(F)c1Cl. The molecule has 0 saturated carbocycles. The maximum absolute atomic E-state index is 12.9. The van der Waals surface area contributed by atoms with Crippen molar-refractivity contribution in [2.45, 2.75) is 6.42 Å². The molecule has 0 radical (unpaired) electrons. The van der Waals surface area contributed by atoms with Gasteiger partial charge in [0, 0.05) is 5.56 Å². The van der Waals surface area contributed by atoms with E-state index in [-0.39, 0.29) is 17.2 Å². The lowest BCUT2D eigenvalue weighted by Crippen LogP contribution is -1.93. The smallest absolute Gasteiger partial charge is 0.145 e. The predicted molar refractivity (Wildman–Crippen MR) is 47.3 cm³/mol. The molecule has 0 bridgehead atoms. The summed E-state index contributed by atoms with van der Waals surface area (Å²) in [5, 5.41) is 8.38. The molecule has 1 aromatic rings. The topological polar surface area (TPSA) is 33.0 Å². The molecular weight excluding hydrogens is 193 g/mol. The Morgan fingerprint density at radius 1 is 1.62 bits per heavy atom. The van der Waals surface area contributed by atoms with E-state index in [0.29, 0.717) is 5.56 Å². The van der Waals surface area contributed by atoms with Crippen molar-refractivity contribution < 1.29 is 9.13 Å². The number of hydrogen-bond acceptors (Lipinski definition) is 2. The van der Waals surface area contributed by atoms with Crippen molar-refractivity contribution in [3.63, 3.8) is 0 Å². The second-order valence-electron chi connectivity index (χ2n) is 2.39. The van der Waals surface area contributed by atoms with Crippen LogP contribution in [-0.2, 0) is 6.42 Å². The van der Waals surface area contributed by atoms with E-state index >= 15 is 0 Å². The predicted octanol–water partition coefficient (Wildman–Crippen LogP) is 2.55. The third-order valence-electron chi connectivity index (χ3n) is 1.61. The molecule has 4 heteroatoms. The number of benzene rings is 1. The molecule has 1 aromatic carbocycles. The fraction of sp³-hybridized carbons (Fsp3) is 0.222. The monoisotopic (exact) mass is 199 g/mol. The van der Waals surface area contributed by atoms with Crippen LogP contribution >= 0.6 is 11.6 Å². The number of nitrogens with zero attached hydrogens (tertiary/aromatic N) is 1. The molecule has 2 nitrogen and oxygen atoms in total. The molecule has 0 aromatic heterocycles. The minimum Gasteiger partial charge on any atom is -0.495 e. The molecule has 0 atom stereocenters. The van der Waals surface area contributed by atoms with Crippen molar-refractivity contribution in [3.8, 4) is 11.8 Å². The van der Waals surface area contributed by atoms with Gasteiger partial charge in [-0.3, -0.25) is 0 Å². The zero-order chi connectivity index (χ0) is 9.84. The molecule has 0 spiro atoms. The fourth-order valence-electron chi connectivity index (χ4n) is 1.02. The van der Waals surface area contributed by atoms with Crippen LogP contribution in [0.5, 0.6) is 5.75 Å². The third-order valence-corrected chi connectivity index (χ3v) is 1.96. The van der Waals surface area contributed by atoms with E-state index in [4.69, 9.17) is 21.6 Å². The van der Waals surface area contributed by atoms with E-state index in [1.54, 1.807) is 0 Å². The lowest BCUT2D eigenvalue weighted by Gasteiger charge is -2.07. The summed E-state index contributed by atoms with van der Waals surface area (Å²) < 4.78 is 17.8. The molecular formula is C9H7ClFNO. The number of nitriles is 1. The van der Waals surface area contributed by atoms with Crippen LogP contribution in [0.3, 0.4) is 0 Å². The molecule has 0 aliphatic carbocycles. The van der Waals surface area contributed by atoms with Gasteiger partial charge in [-0.2, -0.15) is 5.26 Å². The first-order valence-electron chi connectivity index (χ1n) is 3.58. The van der Waals surface area contributed by atoms with Gasteiger partial charge in [-0.25, -0.2) is 4.39 Å². The second-order valence-corrected chi connectivity index (χ2v) is 2.77. The van der Waals surface area contributed by atoms with Crippen molar-refractivity contribution in [1.82, 2.24) is 0 Å². The lowest BCUT2D eigenvalue weighted by molar-refractivity contribution is 0.407. The Labute approximate surface area is 80.5 Å². The molecule has 68 valence electrons. The van der Waals surface area contributed by atoms with Crippen LogP contribution in [-0.4, -0.2) is 7.11 Å². The van der Waals surface area contributed by atoms with Crippen LogP contribution in [0, 0.1) is 17.1 Å². The van der Waals surface area contributed by atoms with Gasteiger partial charge in [0.05, 0.1) is 19.6 Å². The van der Waals surface area contributed by atoms with Crippen molar-refractivity contribution >= 4 is 11.6 Å². The highest BCUT2D eigenvalue weighted by Gasteiger charge is 2.11. The highest BCUT2D eigenvalue weighted by Crippen LogP contribution is 2.31.